The van der Waals surface area contributed by atoms with Crippen molar-refractivity contribution >= 4 is 17.5 Å². The minimum absolute atomic E-state index is 0.00452. The lowest BCUT2D eigenvalue weighted by atomic mass is 9.84. The molecule has 32 heavy (non-hydrogen) atoms. The molecule has 5 rings (SSSR count). The van der Waals surface area contributed by atoms with Gasteiger partial charge in [-0.25, -0.2) is 0 Å². The molecule has 3 atom stereocenters. The second kappa shape index (κ2) is 9.35. The van der Waals surface area contributed by atoms with Gasteiger partial charge in [-0.1, -0.05) is 43.2 Å². The average molecular weight is 432 g/mol. The standard InChI is InChI=1S/C27H33N3O2/c31-26(28-19-20-12-14-23(15-13-20)29-16-6-7-17-29)25-18-22-10-4-5-11-24(22)30(25)27(32)21-8-2-1-3-9-21/h1-3,8-9,12-15,22,24-25H,4-7,10-11,16-19H2,(H,28,31). The summed E-state index contributed by atoms with van der Waals surface area (Å²) < 4.78 is 0. The molecule has 5 heteroatoms. The molecule has 5 nitrogen and oxygen atoms in total. The molecular formula is C27H33N3O2. The summed E-state index contributed by atoms with van der Waals surface area (Å²) in [5.74, 6) is 0.411. The van der Waals surface area contributed by atoms with Crippen molar-refractivity contribution in [2.75, 3.05) is 18.0 Å². The number of carbonyl (C=O) groups is 2. The minimum atomic E-state index is -0.375. The molecule has 0 radical (unpaired) electrons. The zero-order valence-corrected chi connectivity index (χ0v) is 18.7. The summed E-state index contributed by atoms with van der Waals surface area (Å²) in [5, 5.41) is 3.13. The number of nitrogens with zero attached hydrogens (tertiary/aromatic N) is 2. The van der Waals surface area contributed by atoms with Crippen molar-refractivity contribution in [3.63, 3.8) is 0 Å². The van der Waals surface area contributed by atoms with Gasteiger partial charge in [0.15, 0.2) is 0 Å². The Bertz CT molecular complexity index is 937. The van der Waals surface area contributed by atoms with Crippen LogP contribution in [-0.2, 0) is 11.3 Å². The monoisotopic (exact) mass is 431 g/mol. The molecular weight excluding hydrogens is 398 g/mol. The van der Waals surface area contributed by atoms with E-state index in [0.717, 1.165) is 44.3 Å². The number of hydrogen-bond acceptors (Lipinski definition) is 3. The number of anilines is 1. The molecule has 3 fully saturated rings. The first kappa shape index (κ1) is 21.0. The van der Waals surface area contributed by atoms with Gasteiger partial charge in [-0.2, -0.15) is 0 Å². The first-order valence-corrected chi connectivity index (χ1v) is 12.2. The molecule has 0 aromatic heterocycles. The average Bonchev–Trinajstić information content (AvgIpc) is 3.51. The van der Waals surface area contributed by atoms with Crippen LogP contribution in [0, 0.1) is 5.92 Å². The lowest BCUT2D eigenvalue weighted by Crippen LogP contribution is -2.49. The van der Waals surface area contributed by atoms with Gasteiger partial charge in [0, 0.05) is 36.9 Å². The van der Waals surface area contributed by atoms with E-state index in [-0.39, 0.29) is 23.9 Å². The van der Waals surface area contributed by atoms with Crippen LogP contribution >= 0.6 is 0 Å². The summed E-state index contributed by atoms with van der Waals surface area (Å²) in [4.78, 5) is 31.0. The van der Waals surface area contributed by atoms with Gasteiger partial charge in [0.2, 0.25) is 5.91 Å². The second-order valence-corrected chi connectivity index (χ2v) is 9.52. The van der Waals surface area contributed by atoms with Crippen LogP contribution < -0.4 is 10.2 Å². The van der Waals surface area contributed by atoms with E-state index >= 15 is 0 Å². The molecule has 2 saturated heterocycles. The molecule has 0 bridgehead atoms. The molecule has 2 aromatic rings. The zero-order chi connectivity index (χ0) is 21.9. The second-order valence-electron chi connectivity index (χ2n) is 9.52. The predicted octanol–water partition coefficient (Wildman–Crippen LogP) is 4.38. The lowest BCUT2D eigenvalue weighted by Gasteiger charge is -2.33. The van der Waals surface area contributed by atoms with Crippen LogP contribution in [-0.4, -0.2) is 41.9 Å². The molecule has 2 amide bonds. The van der Waals surface area contributed by atoms with Crippen molar-refractivity contribution < 1.29 is 9.59 Å². The first-order chi connectivity index (χ1) is 15.7. The molecule has 1 N–H and O–H groups in total. The fourth-order valence-electron chi connectivity index (χ4n) is 5.82. The van der Waals surface area contributed by atoms with Gasteiger partial charge in [0.05, 0.1) is 0 Å². The van der Waals surface area contributed by atoms with Crippen molar-refractivity contribution in [2.24, 2.45) is 5.92 Å². The summed E-state index contributed by atoms with van der Waals surface area (Å²) in [6.07, 6.45) is 7.77. The third-order valence-corrected chi connectivity index (χ3v) is 7.52. The van der Waals surface area contributed by atoms with Crippen LogP contribution in [0.4, 0.5) is 5.69 Å². The summed E-state index contributed by atoms with van der Waals surface area (Å²) in [5.41, 5.74) is 3.03. The Labute approximate surface area is 190 Å². The minimum Gasteiger partial charge on any atom is -0.372 e. The van der Waals surface area contributed by atoms with Gasteiger partial charge in [-0.3, -0.25) is 9.59 Å². The van der Waals surface area contributed by atoms with Crippen molar-refractivity contribution in [1.29, 1.82) is 0 Å². The largest absolute Gasteiger partial charge is 0.372 e. The molecule has 1 aliphatic carbocycles. The lowest BCUT2D eigenvalue weighted by molar-refractivity contribution is -0.125. The van der Waals surface area contributed by atoms with E-state index in [2.05, 4.69) is 34.5 Å². The highest BCUT2D eigenvalue weighted by atomic mass is 16.2. The number of carbonyl (C=O) groups excluding carboxylic acids is 2. The third kappa shape index (κ3) is 4.25. The molecule has 168 valence electrons. The van der Waals surface area contributed by atoms with Crippen LogP contribution in [0.3, 0.4) is 0 Å². The number of amides is 2. The Morgan fingerprint density at radius 2 is 1.59 bits per heavy atom. The van der Waals surface area contributed by atoms with Crippen molar-refractivity contribution in [3.8, 4) is 0 Å². The number of benzene rings is 2. The Morgan fingerprint density at radius 1 is 0.875 bits per heavy atom. The molecule has 2 heterocycles. The van der Waals surface area contributed by atoms with Crippen LogP contribution in [0.15, 0.2) is 54.6 Å². The fraction of sp³-hybridized carbons (Fsp3) is 0.481. The van der Waals surface area contributed by atoms with E-state index in [1.807, 2.05) is 35.2 Å². The highest BCUT2D eigenvalue weighted by Crippen LogP contribution is 2.40. The van der Waals surface area contributed by atoms with Gasteiger partial charge in [0.1, 0.15) is 6.04 Å². The van der Waals surface area contributed by atoms with Gasteiger partial charge in [0.25, 0.3) is 5.91 Å². The summed E-state index contributed by atoms with van der Waals surface area (Å²) in [6, 6.07) is 17.8. The molecule has 3 aliphatic rings. The Kier molecular flexibility index (Phi) is 6.15. The van der Waals surface area contributed by atoms with Crippen molar-refractivity contribution in [1.82, 2.24) is 10.2 Å². The van der Waals surface area contributed by atoms with Gasteiger partial charge in [-0.15, -0.1) is 0 Å². The number of hydrogen-bond donors (Lipinski definition) is 1. The van der Waals surface area contributed by atoms with Gasteiger partial charge >= 0.3 is 0 Å². The van der Waals surface area contributed by atoms with Crippen LogP contribution in [0.25, 0.3) is 0 Å². The maximum Gasteiger partial charge on any atom is 0.254 e. The zero-order valence-electron chi connectivity index (χ0n) is 18.7. The van der Waals surface area contributed by atoms with Crippen molar-refractivity contribution in [3.05, 3.63) is 65.7 Å². The Balaban J connectivity index is 1.27. The fourth-order valence-corrected chi connectivity index (χ4v) is 5.82. The van der Waals surface area contributed by atoms with E-state index in [1.165, 1.54) is 24.9 Å². The molecule has 0 spiro atoms. The van der Waals surface area contributed by atoms with Gasteiger partial charge in [-0.05, 0) is 67.9 Å². The topological polar surface area (TPSA) is 52.7 Å². The number of nitrogens with one attached hydrogen (secondary N) is 1. The van der Waals surface area contributed by atoms with Crippen LogP contribution in [0.5, 0.6) is 0 Å². The quantitative estimate of drug-likeness (QED) is 0.765. The SMILES string of the molecule is O=C(NCc1ccc(N2CCCC2)cc1)C1CC2CCCCC2N1C(=O)c1ccccc1. The van der Waals surface area contributed by atoms with E-state index in [4.69, 9.17) is 0 Å². The third-order valence-electron chi connectivity index (χ3n) is 7.52. The summed E-state index contributed by atoms with van der Waals surface area (Å²) >= 11 is 0. The normalized spacial score (nSPS) is 24.9. The highest BCUT2D eigenvalue weighted by Gasteiger charge is 2.47. The first-order valence-electron chi connectivity index (χ1n) is 12.2. The Morgan fingerprint density at radius 3 is 2.34 bits per heavy atom. The number of rotatable bonds is 5. The number of fused-ring (bicyclic) bond motifs is 1. The van der Waals surface area contributed by atoms with Crippen LogP contribution in [0.1, 0.15) is 60.9 Å². The molecule has 1 saturated carbocycles. The van der Waals surface area contributed by atoms with Crippen LogP contribution in [0.2, 0.25) is 0 Å². The smallest absolute Gasteiger partial charge is 0.254 e. The van der Waals surface area contributed by atoms with E-state index in [9.17, 15) is 9.59 Å². The Hall–Kier alpha value is -2.82. The molecule has 2 aromatic carbocycles. The van der Waals surface area contributed by atoms with E-state index in [1.54, 1.807) is 0 Å². The maximum absolute atomic E-state index is 13.4. The highest BCUT2D eigenvalue weighted by molar-refractivity contribution is 5.98. The van der Waals surface area contributed by atoms with E-state index < -0.39 is 0 Å². The predicted molar refractivity (Wildman–Crippen MR) is 126 cm³/mol. The summed E-state index contributed by atoms with van der Waals surface area (Å²) in [7, 11) is 0. The number of likely N-dealkylation sites (tertiary alicyclic amines) is 1. The van der Waals surface area contributed by atoms with Crippen molar-refractivity contribution in [2.45, 2.75) is 63.6 Å². The molecule has 2 aliphatic heterocycles. The molecule has 3 unspecified atom stereocenters. The maximum atomic E-state index is 13.4. The van der Waals surface area contributed by atoms with E-state index in [0.29, 0.717) is 18.0 Å². The van der Waals surface area contributed by atoms with Gasteiger partial charge < -0.3 is 15.1 Å². The summed E-state index contributed by atoms with van der Waals surface area (Å²) in [6.45, 7) is 2.76.